The first-order chi connectivity index (χ1) is 2.00. The Labute approximate surface area is 52.3 Å². The third-order valence-corrected chi connectivity index (χ3v) is 0. The average Bonchev–Trinajstić information content (AvgIpc) is 0.722. The summed E-state index contributed by atoms with van der Waals surface area (Å²) in [7, 11) is -6.00. The maximum absolute atomic E-state index is 9.75. The van der Waals surface area contributed by atoms with E-state index in [2.05, 4.69) is 0 Å². The van der Waals surface area contributed by atoms with Gasteiger partial charge in [-0.1, -0.05) is 0 Å². The predicted octanol–water partition coefficient (Wildman–Crippen LogP) is 0.229. The molecule has 0 aromatic heterocycles. The molecule has 0 rings (SSSR count). The van der Waals surface area contributed by atoms with E-state index < -0.39 is 7.25 Å². The van der Waals surface area contributed by atoms with Crippen LogP contribution in [0.3, 0.4) is 0 Å². The van der Waals surface area contributed by atoms with Gasteiger partial charge in [-0.2, -0.15) is 0 Å². The van der Waals surface area contributed by atoms with E-state index in [1.54, 1.807) is 0 Å². The molecule has 0 aliphatic heterocycles. The summed E-state index contributed by atoms with van der Waals surface area (Å²) in [6.45, 7) is 0. The van der Waals surface area contributed by atoms with Gasteiger partial charge in [-0.15, -0.1) is 0 Å². The molecule has 0 nitrogen and oxygen atoms in total. The summed E-state index contributed by atoms with van der Waals surface area (Å²) in [5.74, 6) is 0. The summed E-state index contributed by atoms with van der Waals surface area (Å²) in [6.07, 6.45) is 0. The third kappa shape index (κ3) is 145. The first-order valence-corrected chi connectivity index (χ1v) is 0.873. The predicted molar refractivity (Wildman–Crippen MR) is 21.2 cm³/mol. The van der Waals surface area contributed by atoms with E-state index in [4.69, 9.17) is 0 Å². The van der Waals surface area contributed by atoms with Gasteiger partial charge in [-0.05, 0) is 0 Å². The molecule has 0 saturated carbocycles. The van der Waals surface area contributed by atoms with Crippen molar-refractivity contribution in [2.75, 3.05) is 0 Å². The molecule has 0 amide bonds. The maximum atomic E-state index is 9.75. The van der Waals surface area contributed by atoms with Gasteiger partial charge in [-0.25, -0.2) is 0 Å². The van der Waals surface area contributed by atoms with Crippen molar-refractivity contribution in [2.45, 2.75) is 0 Å². The Morgan fingerprint density at radius 2 is 1.00 bits per heavy atom. The summed E-state index contributed by atoms with van der Waals surface area (Å²) in [6, 6.07) is 0. The molecule has 0 spiro atoms. The number of hydrogen-bond acceptors (Lipinski definition) is 0. The van der Waals surface area contributed by atoms with Crippen LogP contribution in [0.4, 0.5) is 17.3 Å². The molecule has 0 aliphatic rings. The topological polar surface area (TPSA) is 0 Å². The Kier molecular flexibility index (Phi) is 4.53. The summed E-state index contributed by atoms with van der Waals surface area (Å²) in [4.78, 5) is 0. The van der Waals surface area contributed by atoms with E-state index in [0.29, 0.717) is 0 Å². The van der Waals surface area contributed by atoms with Crippen molar-refractivity contribution in [1.82, 2.24) is 0 Å². The van der Waals surface area contributed by atoms with Gasteiger partial charge in [0.15, 0.2) is 0 Å². The van der Waals surface area contributed by atoms with Crippen LogP contribution in [-0.2, 0) is 0 Å². The standard InChI is InChI=1S/BF4.In.3H/c2-1(3,4)5;;;;/q-1;;;;/p+1. The van der Waals surface area contributed by atoms with E-state index >= 15 is 0 Å². The Balaban J connectivity index is -0.0000000800. The first-order valence-electron chi connectivity index (χ1n) is 0.873. The van der Waals surface area contributed by atoms with Crippen molar-refractivity contribution in [2.24, 2.45) is 0 Å². The fourth-order valence-corrected chi connectivity index (χ4v) is 0. The molecule has 0 aromatic carbocycles. The van der Waals surface area contributed by atoms with Gasteiger partial charge in [-0.3, -0.25) is 0 Å². The van der Waals surface area contributed by atoms with Crippen molar-refractivity contribution in [1.29, 1.82) is 0 Å². The number of hydrogen-bond donors (Lipinski definition) is 0. The molecule has 0 saturated heterocycles. The van der Waals surface area contributed by atoms with E-state index in [0.717, 1.165) is 0 Å². The van der Waals surface area contributed by atoms with Crippen LogP contribution >= 0.6 is 0 Å². The van der Waals surface area contributed by atoms with Gasteiger partial charge >= 0.3 is 34.5 Å². The molecule has 6 heavy (non-hydrogen) atoms. The van der Waals surface area contributed by atoms with Crippen LogP contribution in [0, 0.1) is 0 Å². The summed E-state index contributed by atoms with van der Waals surface area (Å²) < 4.78 is 39.0. The molecule has 6 heteroatoms. The monoisotopic (exact) mass is 206 g/mol. The fraction of sp³-hybridized carbons (Fsp3) is 0. The zero-order chi connectivity index (χ0) is 4.50. The van der Waals surface area contributed by atoms with Crippen LogP contribution in [-0.4, -0.2) is 33.1 Å². The van der Waals surface area contributed by atoms with Crippen LogP contribution in [0.1, 0.15) is 1.43 Å². The van der Waals surface area contributed by atoms with Crippen LogP contribution in [0.5, 0.6) is 0 Å². The van der Waals surface area contributed by atoms with Gasteiger partial charge in [0.05, 0.1) is 0 Å². The molecule has 0 atom stereocenters. The van der Waals surface area contributed by atoms with Gasteiger partial charge < -0.3 is 17.3 Å². The van der Waals surface area contributed by atoms with Gasteiger partial charge in [0, 0.05) is 0 Å². The van der Waals surface area contributed by atoms with E-state index in [-0.39, 0.29) is 27.3 Å². The Morgan fingerprint density at radius 1 is 1.00 bits per heavy atom. The third-order valence-electron chi connectivity index (χ3n) is 0. The molecule has 0 bridgehead atoms. The molecule has 0 unspecified atom stereocenters. The molecular weight excluding hydrogens is 202 g/mol. The molecule has 38 valence electrons. The van der Waals surface area contributed by atoms with E-state index in [1.807, 2.05) is 0 Å². The Morgan fingerprint density at radius 3 is 1.00 bits per heavy atom. The van der Waals surface area contributed by atoms with Crippen LogP contribution in [0.25, 0.3) is 0 Å². The molecule has 0 heterocycles. The van der Waals surface area contributed by atoms with Crippen LogP contribution in [0.2, 0.25) is 0 Å². The molecule has 0 aromatic rings. The zero-order valence-electron chi connectivity index (χ0n) is 3.09. The summed E-state index contributed by atoms with van der Waals surface area (Å²) in [5, 5.41) is 0. The summed E-state index contributed by atoms with van der Waals surface area (Å²) >= 11 is 0. The second kappa shape index (κ2) is 2.77. The van der Waals surface area contributed by atoms with Crippen molar-refractivity contribution < 1.29 is 18.7 Å². The number of rotatable bonds is 0. The second-order valence-corrected chi connectivity index (χ2v) is 0.495. The van der Waals surface area contributed by atoms with Crippen molar-refractivity contribution >= 4 is 33.1 Å². The van der Waals surface area contributed by atoms with Crippen molar-refractivity contribution in [3.63, 3.8) is 0 Å². The van der Waals surface area contributed by atoms with Gasteiger partial charge in [0.25, 0.3) is 0 Å². The average molecular weight is 206 g/mol. The first kappa shape index (κ1) is 9.82. The minimum atomic E-state index is -6.00. The van der Waals surface area contributed by atoms with Crippen LogP contribution < -0.4 is 0 Å². The van der Waals surface area contributed by atoms with E-state index in [9.17, 15) is 17.3 Å². The zero-order valence-corrected chi connectivity index (χ0v) is 2.09. The molecule has 0 aliphatic carbocycles. The number of halogens is 4. The van der Waals surface area contributed by atoms with Gasteiger partial charge in [0.1, 0.15) is 0 Å². The SMILES string of the molecule is F[B-](F)(F)F.[H+].[InH3]. The molecule has 0 N–H and O–H groups in total. The van der Waals surface area contributed by atoms with Crippen molar-refractivity contribution in [3.8, 4) is 0 Å². The fourth-order valence-electron chi connectivity index (χ4n) is 0. The van der Waals surface area contributed by atoms with Gasteiger partial charge in [0.2, 0.25) is 0 Å². The normalized spacial score (nSPS) is 10.0. The van der Waals surface area contributed by atoms with Crippen molar-refractivity contribution in [3.05, 3.63) is 0 Å². The molecule has 0 fully saturated rings. The second-order valence-electron chi connectivity index (χ2n) is 0.495. The van der Waals surface area contributed by atoms with Crippen LogP contribution in [0.15, 0.2) is 0 Å². The summed E-state index contributed by atoms with van der Waals surface area (Å²) in [5.41, 5.74) is 0. The Hall–Kier alpha value is 0.655. The molecular formula is H4BF4In. The quantitative estimate of drug-likeness (QED) is 0.392. The minimum absolute atomic E-state index is 0. The van der Waals surface area contributed by atoms with E-state index in [1.165, 1.54) is 0 Å². The molecule has 0 radical (unpaired) electrons. The Bertz CT molecular complexity index is 27.2.